The number of esters is 2. The van der Waals surface area contributed by atoms with Crippen LogP contribution in [0.5, 0.6) is 0 Å². The van der Waals surface area contributed by atoms with Crippen molar-refractivity contribution in [1.82, 2.24) is 0 Å². The molecule has 0 saturated carbocycles. The highest BCUT2D eigenvalue weighted by Gasteiger charge is 2.25. The van der Waals surface area contributed by atoms with E-state index in [2.05, 4.69) is 13.8 Å². The summed E-state index contributed by atoms with van der Waals surface area (Å²) in [5.41, 5.74) is 2.62. The van der Waals surface area contributed by atoms with Crippen molar-refractivity contribution in [2.75, 3.05) is 14.2 Å². The zero-order valence-electron chi connectivity index (χ0n) is 22.5. The minimum Gasteiger partial charge on any atom is -0.465 e. The van der Waals surface area contributed by atoms with Gasteiger partial charge in [-0.15, -0.1) is 0 Å². The standard InChI is InChI=1S/C30H50O4/c1-5-7-9-11-13-15-17-19-21-25-23-24-26(22-20-18-16-14-12-10-8-6-2)28(30(32)34-4)27(25)29(31)33-3/h23-24H,5-22H2,1-4H3. The highest BCUT2D eigenvalue weighted by Crippen LogP contribution is 2.26. The molecule has 4 nitrogen and oxygen atoms in total. The zero-order valence-corrected chi connectivity index (χ0v) is 22.5. The fourth-order valence-electron chi connectivity index (χ4n) is 4.67. The van der Waals surface area contributed by atoms with Gasteiger partial charge in [-0.05, 0) is 36.8 Å². The fourth-order valence-corrected chi connectivity index (χ4v) is 4.67. The Morgan fingerprint density at radius 3 is 1.12 bits per heavy atom. The fraction of sp³-hybridized carbons (Fsp3) is 0.733. The Balaban J connectivity index is 2.77. The third-order valence-electron chi connectivity index (χ3n) is 6.76. The van der Waals surface area contributed by atoms with Gasteiger partial charge in [0, 0.05) is 0 Å². The summed E-state index contributed by atoms with van der Waals surface area (Å²) in [7, 11) is 2.77. The minimum absolute atomic E-state index is 0.411. The van der Waals surface area contributed by atoms with Gasteiger partial charge < -0.3 is 9.47 Å². The molecule has 0 heterocycles. The zero-order chi connectivity index (χ0) is 25.0. The summed E-state index contributed by atoms with van der Waals surface area (Å²) in [6.45, 7) is 4.48. The molecule has 0 aliphatic carbocycles. The molecule has 4 heteroatoms. The molecule has 0 aromatic heterocycles. The van der Waals surface area contributed by atoms with Gasteiger partial charge in [-0.3, -0.25) is 0 Å². The SMILES string of the molecule is CCCCCCCCCCc1ccc(CCCCCCCCCC)c(C(=O)OC)c1C(=O)OC. The van der Waals surface area contributed by atoms with E-state index < -0.39 is 11.9 Å². The molecule has 0 radical (unpaired) electrons. The van der Waals surface area contributed by atoms with Crippen LogP contribution in [-0.4, -0.2) is 26.2 Å². The average Bonchev–Trinajstić information content (AvgIpc) is 2.86. The number of carbonyl (C=O) groups is 2. The van der Waals surface area contributed by atoms with Gasteiger partial charge >= 0.3 is 11.9 Å². The quantitative estimate of drug-likeness (QED) is 0.140. The van der Waals surface area contributed by atoms with Crippen molar-refractivity contribution in [2.45, 2.75) is 129 Å². The molecule has 0 aliphatic heterocycles. The molecular weight excluding hydrogens is 424 g/mol. The highest BCUT2D eigenvalue weighted by molar-refractivity contribution is 6.05. The van der Waals surface area contributed by atoms with Gasteiger partial charge in [-0.25, -0.2) is 9.59 Å². The summed E-state index contributed by atoms with van der Waals surface area (Å²) in [5.74, 6) is -0.875. The van der Waals surface area contributed by atoms with E-state index in [1.807, 2.05) is 12.1 Å². The van der Waals surface area contributed by atoms with Crippen LogP contribution in [0.2, 0.25) is 0 Å². The molecule has 0 bridgehead atoms. The normalized spacial score (nSPS) is 10.9. The van der Waals surface area contributed by atoms with Gasteiger partial charge in [-0.1, -0.05) is 116 Å². The summed E-state index contributed by atoms with van der Waals surface area (Å²) in [4.78, 5) is 25.5. The van der Waals surface area contributed by atoms with Crippen molar-refractivity contribution < 1.29 is 19.1 Å². The lowest BCUT2D eigenvalue weighted by Gasteiger charge is -2.16. The molecule has 0 saturated heterocycles. The van der Waals surface area contributed by atoms with Crippen molar-refractivity contribution in [3.63, 3.8) is 0 Å². The van der Waals surface area contributed by atoms with Crippen LogP contribution >= 0.6 is 0 Å². The Bertz CT molecular complexity index is 636. The van der Waals surface area contributed by atoms with E-state index in [1.165, 1.54) is 91.3 Å². The monoisotopic (exact) mass is 474 g/mol. The van der Waals surface area contributed by atoms with E-state index in [4.69, 9.17) is 9.47 Å². The van der Waals surface area contributed by atoms with E-state index in [-0.39, 0.29) is 0 Å². The lowest BCUT2D eigenvalue weighted by molar-refractivity contribution is 0.0553. The number of aryl methyl sites for hydroxylation is 2. The van der Waals surface area contributed by atoms with Crippen LogP contribution in [0.25, 0.3) is 0 Å². The smallest absolute Gasteiger partial charge is 0.339 e. The number of methoxy groups -OCH3 is 2. The van der Waals surface area contributed by atoms with Crippen molar-refractivity contribution in [3.8, 4) is 0 Å². The highest BCUT2D eigenvalue weighted by atomic mass is 16.5. The van der Waals surface area contributed by atoms with Crippen molar-refractivity contribution in [2.24, 2.45) is 0 Å². The van der Waals surface area contributed by atoms with E-state index in [1.54, 1.807) is 0 Å². The molecule has 0 spiro atoms. The summed E-state index contributed by atoms with van der Waals surface area (Å²) in [6, 6.07) is 4.06. The van der Waals surface area contributed by atoms with Crippen LogP contribution < -0.4 is 0 Å². The maximum Gasteiger partial charge on any atom is 0.339 e. The topological polar surface area (TPSA) is 52.6 Å². The molecular formula is C30H50O4. The number of benzene rings is 1. The Kier molecular flexibility index (Phi) is 17.3. The first-order chi connectivity index (χ1) is 16.6. The van der Waals surface area contributed by atoms with E-state index >= 15 is 0 Å². The largest absolute Gasteiger partial charge is 0.465 e. The van der Waals surface area contributed by atoms with Gasteiger partial charge in [0.2, 0.25) is 0 Å². The number of hydrogen-bond acceptors (Lipinski definition) is 4. The van der Waals surface area contributed by atoms with Crippen LogP contribution in [0.3, 0.4) is 0 Å². The number of hydrogen-bond donors (Lipinski definition) is 0. The summed E-state index contributed by atoms with van der Waals surface area (Å²) < 4.78 is 10.2. The molecule has 0 unspecified atom stereocenters. The number of ether oxygens (including phenoxy) is 2. The summed E-state index contributed by atoms with van der Waals surface area (Å²) in [6.07, 6.45) is 21.3. The van der Waals surface area contributed by atoms with Crippen LogP contribution in [0, 0.1) is 0 Å². The van der Waals surface area contributed by atoms with E-state index in [0.717, 1.165) is 49.7 Å². The average molecular weight is 475 g/mol. The molecule has 0 fully saturated rings. The van der Waals surface area contributed by atoms with Crippen molar-refractivity contribution in [3.05, 3.63) is 34.4 Å². The van der Waals surface area contributed by atoms with Gasteiger partial charge in [-0.2, -0.15) is 0 Å². The Hall–Kier alpha value is -1.84. The lowest BCUT2D eigenvalue weighted by atomic mass is 9.90. The molecule has 0 N–H and O–H groups in total. The first-order valence-corrected chi connectivity index (χ1v) is 13.9. The molecule has 0 amide bonds. The maximum absolute atomic E-state index is 12.7. The first-order valence-electron chi connectivity index (χ1n) is 13.9. The molecule has 1 aromatic carbocycles. The van der Waals surface area contributed by atoms with Crippen LogP contribution in [0.1, 0.15) is 148 Å². The second-order valence-electron chi connectivity index (χ2n) is 9.57. The van der Waals surface area contributed by atoms with Crippen LogP contribution in [-0.2, 0) is 22.3 Å². The van der Waals surface area contributed by atoms with Gasteiger partial charge in [0.05, 0.1) is 25.3 Å². The molecule has 1 rings (SSSR count). The minimum atomic E-state index is -0.437. The molecule has 194 valence electrons. The Labute approximate surface area is 209 Å². The van der Waals surface area contributed by atoms with Crippen LogP contribution in [0.4, 0.5) is 0 Å². The van der Waals surface area contributed by atoms with Gasteiger partial charge in [0.1, 0.15) is 0 Å². The summed E-state index contributed by atoms with van der Waals surface area (Å²) >= 11 is 0. The lowest BCUT2D eigenvalue weighted by Crippen LogP contribution is -2.17. The molecule has 0 atom stereocenters. The third kappa shape index (κ3) is 11.5. The van der Waals surface area contributed by atoms with Crippen LogP contribution in [0.15, 0.2) is 12.1 Å². The summed E-state index contributed by atoms with van der Waals surface area (Å²) in [5, 5.41) is 0. The van der Waals surface area contributed by atoms with E-state index in [9.17, 15) is 9.59 Å². The second kappa shape index (κ2) is 19.5. The van der Waals surface area contributed by atoms with Gasteiger partial charge in [0.15, 0.2) is 0 Å². The predicted molar refractivity (Wildman–Crippen MR) is 142 cm³/mol. The first kappa shape index (κ1) is 30.2. The number of unbranched alkanes of at least 4 members (excludes halogenated alkanes) is 14. The predicted octanol–water partition coefficient (Wildman–Crippen LogP) is 8.63. The molecule has 1 aromatic rings. The van der Waals surface area contributed by atoms with Gasteiger partial charge in [0.25, 0.3) is 0 Å². The third-order valence-corrected chi connectivity index (χ3v) is 6.76. The molecule has 0 aliphatic rings. The second-order valence-corrected chi connectivity index (χ2v) is 9.57. The van der Waals surface area contributed by atoms with E-state index in [0.29, 0.717) is 11.1 Å². The number of rotatable bonds is 20. The van der Waals surface area contributed by atoms with Crippen molar-refractivity contribution in [1.29, 1.82) is 0 Å². The van der Waals surface area contributed by atoms with Crippen molar-refractivity contribution >= 4 is 11.9 Å². The Morgan fingerprint density at radius 1 is 0.529 bits per heavy atom. The maximum atomic E-state index is 12.7. The molecule has 34 heavy (non-hydrogen) atoms. The number of carbonyl (C=O) groups excluding carboxylic acids is 2. The Morgan fingerprint density at radius 2 is 0.824 bits per heavy atom.